The van der Waals surface area contributed by atoms with Crippen LogP contribution < -0.4 is 16.0 Å². The van der Waals surface area contributed by atoms with Crippen molar-refractivity contribution in [1.29, 1.82) is 0 Å². The molecule has 0 aliphatic carbocycles. The summed E-state index contributed by atoms with van der Waals surface area (Å²) in [5.41, 5.74) is 0.848. The summed E-state index contributed by atoms with van der Waals surface area (Å²) in [5, 5.41) is 7.74. The number of carbonyl (C=O) groups excluding carboxylic acids is 5. The van der Waals surface area contributed by atoms with Crippen LogP contribution in [0.5, 0.6) is 0 Å². The third-order valence-electron chi connectivity index (χ3n) is 6.09. The summed E-state index contributed by atoms with van der Waals surface area (Å²) in [4.78, 5) is 62.5. The molecule has 12 heteroatoms. The average molecular weight is 614 g/mol. The van der Waals surface area contributed by atoms with E-state index in [-0.39, 0.29) is 32.5 Å². The standard InChI is InChI=1S/C32H43N3O9/c1-32(2,3)44-31(40)35-25(18-19-27(36)42-21-23-13-7-5-8-14-23)28(37)34-26(29(38)41-4)17-11-12-20-33-30(39)43-22-24-15-9-6-10-16-24/h5-10,13-16,25-26H,11-12,17-22H2,1-4H3,(H,33,39)(H,34,37)(H,35,40)/t25-,26-/m0/s1. The Morgan fingerprint density at radius 1 is 0.727 bits per heavy atom. The third-order valence-corrected chi connectivity index (χ3v) is 6.09. The van der Waals surface area contributed by atoms with Gasteiger partial charge in [-0.15, -0.1) is 0 Å². The molecule has 2 atom stereocenters. The molecule has 0 fully saturated rings. The van der Waals surface area contributed by atoms with Gasteiger partial charge in [0.25, 0.3) is 0 Å². The number of alkyl carbamates (subject to hydrolysis) is 2. The van der Waals surface area contributed by atoms with Crippen molar-refractivity contribution in [1.82, 2.24) is 16.0 Å². The van der Waals surface area contributed by atoms with Crippen LogP contribution in [0, 0.1) is 0 Å². The monoisotopic (exact) mass is 613 g/mol. The van der Waals surface area contributed by atoms with Gasteiger partial charge in [0.1, 0.15) is 30.9 Å². The first-order valence-electron chi connectivity index (χ1n) is 14.5. The summed E-state index contributed by atoms with van der Waals surface area (Å²) in [6, 6.07) is 16.2. The third kappa shape index (κ3) is 15.0. The van der Waals surface area contributed by atoms with Crippen LogP contribution in [0.3, 0.4) is 0 Å². The van der Waals surface area contributed by atoms with Gasteiger partial charge in [0, 0.05) is 13.0 Å². The molecular formula is C32H43N3O9. The second kappa shape index (κ2) is 18.8. The maximum absolute atomic E-state index is 13.2. The van der Waals surface area contributed by atoms with Gasteiger partial charge in [-0.05, 0) is 57.6 Å². The molecule has 0 aliphatic heterocycles. The van der Waals surface area contributed by atoms with Gasteiger partial charge in [-0.3, -0.25) is 9.59 Å². The van der Waals surface area contributed by atoms with Gasteiger partial charge in [0.05, 0.1) is 7.11 Å². The Balaban J connectivity index is 1.88. The molecule has 0 spiro atoms. The molecule has 3 amide bonds. The molecule has 3 N–H and O–H groups in total. The lowest BCUT2D eigenvalue weighted by atomic mass is 10.1. The minimum absolute atomic E-state index is 0.0695. The molecule has 240 valence electrons. The van der Waals surface area contributed by atoms with E-state index in [0.29, 0.717) is 19.4 Å². The Morgan fingerprint density at radius 3 is 1.89 bits per heavy atom. The first-order chi connectivity index (χ1) is 21.0. The molecule has 0 saturated carbocycles. The van der Waals surface area contributed by atoms with Crippen LogP contribution in [-0.2, 0) is 46.5 Å². The molecule has 0 radical (unpaired) electrons. The number of unbranched alkanes of at least 4 members (excludes halogenated alkanes) is 1. The average Bonchev–Trinajstić information content (AvgIpc) is 2.99. The van der Waals surface area contributed by atoms with E-state index in [1.807, 2.05) is 60.7 Å². The largest absolute Gasteiger partial charge is 0.467 e. The van der Waals surface area contributed by atoms with Crippen molar-refractivity contribution in [3.05, 3.63) is 71.8 Å². The van der Waals surface area contributed by atoms with Crippen LogP contribution in [0.25, 0.3) is 0 Å². The number of benzene rings is 2. The number of nitrogens with one attached hydrogen (secondary N) is 3. The van der Waals surface area contributed by atoms with E-state index < -0.39 is 47.7 Å². The molecule has 44 heavy (non-hydrogen) atoms. The highest BCUT2D eigenvalue weighted by Gasteiger charge is 2.29. The number of ether oxygens (including phenoxy) is 4. The Hall–Kier alpha value is -4.61. The van der Waals surface area contributed by atoms with Crippen molar-refractivity contribution in [3.8, 4) is 0 Å². The fourth-order valence-corrected chi connectivity index (χ4v) is 3.89. The Bertz CT molecular complexity index is 1200. The summed E-state index contributed by atoms with van der Waals surface area (Å²) < 4.78 is 20.6. The van der Waals surface area contributed by atoms with Gasteiger partial charge < -0.3 is 34.9 Å². The van der Waals surface area contributed by atoms with Gasteiger partial charge in [-0.2, -0.15) is 0 Å². The van der Waals surface area contributed by atoms with Crippen molar-refractivity contribution < 1.29 is 42.9 Å². The summed E-state index contributed by atoms with van der Waals surface area (Å²) in [6.45, 7) is 5.53. The highest BCUT2D eigenvalue weighted by molar-refractivity contribution is 5.90. The maximum atomic E-state index is 13.2. The van der Waals surface area contributed by atoms with Crippen molar-refractivity contribution in [2.24, 2.45) is 0 Å². The fraction of sp³-hybridized carbons (Fsp3) is 0.469. The number of rotatable bonds is 16. The van der Waals surface area contributed by atoms with E-state index in [9.17, 15) is 24.0 Å². The van der Waals surface area contributed by atoms with Gasteiger partial charge in [0.15, 0.2) is 0 Å². The molecular weight excluding hydrogens is 570 g/mol. The van der Waals surface area contributed by atoms with E-state index in [0.717, 1.165) is 11.1 Å². The second-order valence-electron chi connectivity index (χ2n) is 11.0. The zero-order valence-electron chi connectivity index (χ0n) is 25.8. The SMILES string of the molecule is COC(=O)[C@H](CCCCNC(=O)OCc1ccccc1)NC(=O)[C@H](CCC(=O)OCc1ccccc1)NC(=O)OC(C)(C)C. The topological polar surface area (TPSA) is 158 Å². The van der Waals surface area contributed by atoms with Crippen LogP contribution in [0.15, 0.2) is 60.7 Å². The van der Waals surface area contributed by atoms with Gasteiger partial charge >= 0.3 is 24.1 Å². The van der Waals surface area contributed by atoms with E-state index in [1.54, 1.807) is 20.8 Å². The fourth-order valence-electron chi connectivity index (χ4n) is 3.89. The number of methoxy groups -OCH3 is 1. The number of esters is 2. The minimum atomic E-state index is -1.19. The highest BCUT2D eigenvalue weighted by Crippen LogP contribution is 2.11. The van der Waals surface area contributed by atoms with E-state index in [4.69, 9.17) is 18.9 Å². The minimum Gasteiger partial charge on any atom is -0.467 e. The number of hydrogen-bond acceptors (Lipinski definition) is 9. The summed E-state index contributed by atoms with van der Waals surface area (Å²) in [6.07, 6.45) is -0.527. The van der Waals surface area contributed by atoms with Gasteiger partial charge in [0.2, 0.25) is 5.91 Å². The number of carbonyl (C=O) groups is 5. The maximum Gasteiger partial charge on any atom is 0.408 e. The number of hydrogen-bond donors (Lipinski definition) is 3. The smallest absolute Gasteiger partial charge is 0.408 e. The predicted molar refractivity (Wildman–Crippen MR) is 161 cm³/mol. The van der Waals surface area contributed by atoms with Crippen LogP contribution >= 0.6 is 0 Å². The Kier molecular flexibility index (Phi) is 15.2. The van der Waals surface area contributed by atoms with Crippen LogP contribution in [0.2, 0.25) is 0 Å². The molecule has 12 nitrogen and oxygen atoms in total. The molecule has 0 aliphatic rings. The van der Waals surface area contributed by atoms with E-state index in [1.165, 1.54) is 7.11 Å². The lowest BCUT2D eigenvalue weighted by Crippen LogP contribution is -2.52. The second-order valence-corrected chi connectivity index (χ2v) is 11.0. The summed E-state index contributed by atoms with van der Waals surface area (Å²) in [5.74, 6) is -1.92. The zero-order chi connectivity index (χ0) is 32.4. The molecule has 0 saturated heterocycles. The zero-order valence-corrected chi connectivity index (χ0v) is 25.8. The van der Waals surface area contributed by atoms with Gasteiger partial charge in [-0.25, -0.2) is 14.4 Å². The lowest BCUT2D eigenvalue weighted by Gasteiger charge is -2.24. The lowest BCUT2D eigenvalue weighted by molar-refractivity contribution is -0.147. The molecule has 2 aromatic carbocycles. The van der Waals surface area contributed by atoms with Crippen molar-refractivity contribution in [2.75, 3.05) is 13.7 Å². The molecule has 0 heterocycles. The van der Waals surface area contributed by atoms with E-state index in [2.05, 4.69) is 16.0 Å². The molecule has 2 rings (SSSR count). The van der Waals surface area contributed by atoms with Crippen molar-refractivity contribution in [3.63, 3.8) is 0 Å². The van der Waals surface area contributed by atoms with Crippen LogP contribution in [-0.4, -0.2) is 61.4 Å². The molecule has 2 aromatic rings. The Labute approximate surface area is 258 Å². The van der Waals surface area contributed by atoms with E-state index >= 15 is 0 Å². The summed E-state index contributed by atoms with van der Waals surface area (Å²) in [7, 11) is 1.20. The summed E-state index contributed by atoms with van der Waals surface area (Å²) >= 11 is 0. The predicted octanol–water partition coefficient (Wildman–Crippen LogP) is 4.16. The van der Waals surface area contributed by atoms with Crippen molar-refractivity contribution >= 4 is 30.0 Å². The van der Waals surface area contributed by atoms with Crippen molar-refractivity contribution in [2.45, 2.75) is 83.8 Å². The van der Waals surface area contributed by atoms with Crippen LogP contribution in [0.4, 0.5) is 9.59 Å². The first-order valence-corrected chi connectivity index (χ1v) is 14.5. The molecule has 0 unspecified atom stereocenters. The number of amides is 3. The normalized spacial score (nSPS) is 12.2. The van der Waals surface area contributed by atoms with Gasteiger partial charge in [-0.1, -0.05) is 60.7 Å². The molecule has 0 aromatic heterocycles. The quantitative estimate of drug-likeness (QED) is 0.144. The highest BCUT2D eigenvalue weighted by atomic mass is 16.6. The first kappa shape index (κ1) is 35.6. The van der Waals surface area contributed by atoms with Crippen LogP contribution in [0.1, 0.15) is 64.0 Å². The molecule has 0 bridgehead atoms. The Morgan fingerprint density at radius 2 is 1.32 bits per heavy atom.